The van der Waals surface area contributed by atoms with Crippen molar-refractivity contribution in [2.75, 3.05) is 52.5 Å². The van der Waals surface area contributed by atoms with Gasteiger partial charge >= 0.3 is 0 Å². The summed E-state index contributed by atoms with van der Waals surface area (Å²) in [7, 11) is 0. The zero-order valence-electron chi connectivity index (χ0n) is 15.2. The first-order chi connectivity index (χ1) is 10.6. The van der Waals surface area contributed by atoms with Crippen molar-refractivity contribution < 1.29 is 4.74 Å². The van der Waals surface area contributed by atoms with Crippen molar-refractivity contribution in [2.24, 2.45) is 17.8 Å². The van der Waals surface area contributed by atoms with Crippen molar-refractivity contribution in [3.05, 3.63) is 0 Å². The Kier molecular flexibility index (Phi) is 8.19. The zero-order chi connectivity index (χ0) is 15.8. The Morgan fingerprint density at radius 3 is 2.09 bits per heavy atom. The number of ether oxygens (including phenoxy) is 1. The van der Waals surface area contributed by atoms with Crippen LogP contribution >= 0.6 is 0 Å². The summed E-state index contributed by atoms with van der Waals surface area (Å²) in [6, 6.07) is 0. The molecule has 0 aromatic carbocycles. The Morgan fingerprint density at radius 2 is 1.45 bits per heavy atom. The van der Waals surface area contributed by atoms with Gasteiger partial charge in [0.25, 0.3) is 0 Å². The largest absolute Gasteiger partial charge is 0.379 e. The lowest BCUT2D eigenvalue weighted by Gasteiger charge is -2.34. The molecule has 2 aliphatic rings. The van der Waals surface area contributed by atoms with Gasteiger partial charge in [-0.3, -0.25) is 4.90 Å². The highest BCUT2D eigenvalue weighted by molar-refractivity contribution is 4.75. The summed E-state index contributed by atoms with van der Waals surface area (Å²) in [5, 5.41) is 0. The van der Waals surface area contributed by atoms with E-state index in [4.69, 9.17) is 4.74 Å². The van der Waals surface area contributed by atoms with Crippen LogP contribution in [0.3, 0.4) is 0 Å². The van der Waals surface area contributed by atoms with Crippen LogP contribution in [0.4, 0.5) is 0 Å². The summed E-state index contributed by atoms with van der Waals surface area (Å²) < 4.78 is 5.43. The van der Waals surface area contributed by atoms with E-state index in [9.17, 15) is 0 Å². The molecule has 1 unspecified atom stereocenters. The average molecular weight is 311 g/mol. The number of nitrogens with zero attached hydrogens (tertiary/aromatic N) is 2. The van der Waals surface area contributed by atoms with Gasteiger partial charge in [0.2, 0.25) is 0 Å². The average Bonchev–Trinajstić information content (AvgIpc) is 2.53. The highest BCUT2D eigenvalue weighted by Crippen LogP contribution is 2.26. The van der Waals surface area contributed by atoms with Crippen molar-refractivity contribution in [1.82, 2.24) is 9.80 Å². The predicted molar refractivity (Wildman–Crippen MR) is 94.3 cm³/mol. The highest BCUT2D eigenvalue weighted by Gasteiger charge is 2.21. The van der Waals surface area contributed by atoms with E-state index in [1.54, 1.807) is 0 Å². The van der Waals surface area contributed by atoms with E-state index >= 15 is 0 Å². The van der Waals surface area contributed by atoms with Crippen LogP contribution in [0.15, 0.2) is 0 Å². The van der Waals surface area contributed by atoms with E-state index in [-0.39, 0.29) is 0 Å². The van der Waals surface area contributed by atoms with Crippen LogP contribution in [0.25, 0.3) is 0 Å². The van der Waals surface area contributed by atoms with E-state index in [1.165, 1.54) is 58.3 Å². The fourth-order valence-corrected chi connectivity index (χ4v) is 3.80. The second-order valence-electron chi connectivity index (χ2n) is 8.05. The number of piperidine rings is 1. The van der Waals surface area contributed by atoms with Crippen molar-refractivity contribution in [1.29, 1.82) is 0 Å². The molecule has 3 heteroatoms. The molecule has 0 radical (unpaired) electrons. The molecule has 2 saturated heterocycles. The summed E-state index contributed by atoms with van der Waals surface area (Å²) in [4.78, 5) is 5.27. The maximum Gasteiger partial charge on any atom is 0.0594 e. The Balaban J connectivity index is 1.55. The summed E-state index contributed by atoms with van der Waals surface area (Å²) in [5.41, 5.74) is 0. The molecule has 0 spiro atoms. The number of hydrogen-bond donors (Lipinski definition) is 0. The fraction of sp³-hybridized carbons (Fsp3) is 1.00. The van der Waals surface area contributed by atoms with Crippen LogP contribution in [0.5, 0.6) is 0 Å². The normalized spacial score (nSPS) is 24.0. The third-order valence-electron chi connectivity index (χ3n) is 5.51. The molecule has 2 rings (SSSR count). The van der Waals surface area contributed by atoms with Gasteiger partial charge in [-0.15, -0.1) is 0 Å². The second kappa shape index (κ2) is 9.89. The summed E-state index contributed by atoms with van der Waals surface area (Å²) in [6.45, 7) is 16.6. The molecule has 3 nitrogen and oxygen atoms in total. The molecule has 0 bridgehead atoms. The molecule has 0 aromatic rings. The Morgan fingerprint density at radius 1 is 0.864 bits per heavy atom. The van der Waals surface area contributed by atoms with Crippen LogP contribution in [0, 0.1) is 17.8 Å². The van der Waals surface area contributed by atoms with Crippen LogP contribution in [-0.4, -0.2) is 62.3 Å². The van der Waals surface area contributed by atoms with Crippen LogP contribution < -0.4 is 0 Å². The van der Waals surface area contributed by atoms with E-state index in [0.717, 1.165) is 44.1 Å². The lowest BCUT2D eigenvalue weighted by atomic mass is 9.86. The zero-order valence-corrected chi connectivity index (χ0v) is 15.2. The maximum absolute atomic E-state index is 5.43. The van der Waals surface area contributed by atoms with E-state index in [2.05, 4.69) is 30.6 Å². The van der Waals surface area contributed by atoms with Crippen molar-refractivity contribution >= 4 is 0 Å². The smallest absolute Gasteiger partial charge is 0.0594 e. The minimum atomic E-state index is 0.845. The van der Waals surface area contributed by atoms with E-state index in [0.29, 0.717) is 0 Å². The first-order valence-corrected chi connectivity index (χ1v) is 9.66. The standard InChI is InChI=1S/C19H38N2O/c1-17(2)4-8-20-10-6-19(7-11-20)16-18(3)5-9-21-12-14-22-15-13-21/h17-19H,4-16H2,1-3H3. The van der Waals surface area contributed by atoms with Crippen molar-refractivity contribution in [3.8, 4) is 0 Å². The van der Waals surface area contributed by atoms with Crippen molar-refractivity contribution in [3.63, 3.8) is 0 Å². The number of hydrogen-bond acceptors (Lipinski definition) is 3. The molecule has 1 atom stereocenters. The summed E-state index contributed by atoms with van der Waals surface area (Å²) >= 11 is 0. The molecule has 0 saturated carbocycles. The van der Waals surface area contributed by atoms with Gasteiger partial charge in [0, 0.05) is 13.1 Å². The first kappa shape index (κ1) is 18.2. The highest BCUT2D eigenvalue weighted by atomic mass is 16.5. The monoisotopic (exact) mass is 310 g/mol. The van der Waals surface area contributed by atoms with E-state index < -0.39 is 0 Å². The Bertz CT molecular complexity index is 281. The molecule has 0 amide bonds. The van der Waals surface area contributed by atoms with E-state index in [1.807, 2.05) is 0 Å². The van der Waals surface area contributed by atoms with Crippen LogP contribution in [0.2, 0.25) is 0 Å². The molecule has 0 aliphatic carbocycles. The fourth-order valence-electron chi connectivity index (χ4n) is 3.80. The lowest BCUT2D eigenvalue weighted by Crippen LogP contribution is -2.37. The first-order valence-electron chi connectivity index (χ1n) is 9.66. The van der Waals surface area contributed by atoms with Gasteiger partial charge in [-0.05, 0) is 76.0 Å². The molecular weight excluding hydrogens is 272 g/mol. The van der Waals surface area contributed by atoms with Gasteiger partial charge in [0.05, 0.1) is 13.2 Å². The van der Waals surface area contributed by atoms with Gasteiger partial charge in [-0.1, -0.05) is 20.8 Å². The molecule has 0 N–H and O–H groups in total. The summed E-state index contributed by atoms with van der Waals surface area (Å²) in [6.07, 6.45) is 7.04. The summed E-state index contributed by atoms with van der Waals surface area (Å²) in [5.74, 6) is 2.71. The molecule has 130 valence electrons. The Labute approximate surface area is 138 Å². The minimum absolute atomic E-state index is 0.845. The van der Waals surface area contributed by atoms with Crippen LogP contribution in [-0.2, 0) is 4.74 Å². The molecule has 22 heavy (non-hydrogen) atoms. The topological polar surface area (TPSA) is 15.7 Å². The Hall–Kier alpha value is -0.120. The van der Waals surface area contributed by atoms with Gasteiger partial charge in [-0.25, -0.2) is 0 Å². The maximum atomic E-state index is 5.43. The minimum Gasteiger partial charge on any atom is -0.379 e. The van der Waals surface area contributed by atoms with Gasteiger partial charge in [0.15, 0.2) is 0 Å². The lowest BCUT2D eigenvalue weighted by molar-refractivity contribution is 0.0349. The van der Waals surface area contributed by atoms with Gasteiger partial charge in [0.1, 0.15) is 0 Å². The van der Waals surface area contributed by atoms with Gasteiger partial charge < -0.3 is 9.64 Å². The number of likely N-dealkylation sites (tertiary alicyclic amines) is 1. The molecule has 2 aliphatic heterocycles. The van der Waals surface area contributed by atoms with Crippen molar-refractivity contribution in [2.45, 2.75) is 52.9 Å². The third-order valence-corrected chi connectivity index (χ3v) is 5.51. The predicted octanol–water partition coefficient (Wildman–Crippen LogP) is 3.49. The molecule has 2 fully saturated rings. The third kappa shape index (κ3) is 6.97. The molecule has 2 heterocycles. The SMILES string of the molecule is CC(C)CCN1CCC(CC(C)CCN2CCOCC2)CC1. The second-order valence-corrected chi connectivity index (χ2v) is 8.05. The molecule has 0 aromatic heterocycles. The number of rotatable bonds is 8. The van der Waals surface area contributed by atoms with Crippen LogP contribution in [0.1, 0.15) is 52.9 Å². The quantitative estimate of drug-likeness (QED) is 0.682. The molecular formula is C19H38N2O. The number of morpholine rings is 1. The van der Waals surface area contributed by atoms with Gasteiger partial charge in [-0.2, -0.15) is 0 Å².